The van der Waals surface area contributed by atoms with E-state index in [4.69, 9.17) is 0 Å². The van der Waals surface area contributed by atoms with E-state index in [-0.39, 0.29) is 12.6 Å². The van der Waals surface area contributed by atoms with Gasteiger partial charge in [-0.2, -0.15) is 0 Å². The summed E-state index contributed by atoms with van der Waals surface area (Å²) in [4.78, 5) is 2.25. The first kappa shape index (κ1) is 12.4. The van der Waals surface area contributed by atoms with Gasteiger partial charge in [-0.3, -0.25) is 4.90 Å². The Morgan fingerprint density at radius 2 is 2.00 bits per heavy atom. The molecule has 0 amide bonds. The van der Waals surface area contributed by atoms with Crippen LogP contribution in [0.2, 0.25) is 0 Å². The fourth-order valence-electron chi connectivity index (χ4n) is 2.52. The summed E-state index contributed by atoms with van der Waals surface area (Å²) in [6.07, 6.45) is 2.19. The van der Waals surface area contributed by atoms with Crippen LogP contribution in [0, 0.1) is 13.8 Å². The molecule has 1 fully saturated rings. The third kappa shape index (κ3) is 2.61. The lowest BCUT2D eigenvalue weighted by molar-refractivity contribution is 0.152. The van der Waals surface area contributed by atoms with E-state index in [9.17, 15) is 10.2 Å². The molecule has 0 aliphatic carbocycles. The SMILES string of the molecule is Cc1cc(O)c(CN2CCC[C@@H]2CO)cc1C. The summed E-state index contributed by atoms with van der Waals surface area (Å²) < 4.78 is 0. The highest BCUT2D eigenvalue weighted by atomic mass is 16.3. The van der Waals surface area contributed by atoms with Gasteiger partial charge in [0.2, 0.25) is 0 Å². The number of aliphatic hydroxyl groups is 1. The average molecular weight is 235 g/mol. The molecule has 1 aliphatic heterocycles. The molecule has 3 heteroatoms. The van der Waals surface area contributed by atoms with Gasteiger partial charge in [-0.15, -0.1) is 0 Å². The van der Waals surface area contributed by atoms with Crippen molar-refractivity contribution in [3.05, 3.63) is 28.8 Å². The summed E-state index contributed by atoms with van der Waals surface area (Å²) in [7, 11) is 0. The van der Waals surface area contributed by atoms with E-state index in [0.717, 1.165) is 37.1 Å². The lowest BCUT2D eigenvalue weighted by atomic mass is 10.0. The predicted octanol–water partition coefficient (Wildman–Crippen LogP) is 1.97. The lowest BCUT2D eigenvalue weighted by Gasteiger charge is -2.23. The summed E-state index contributed by atoms with van der Waals surface area (Å²) in [6, 6.07) is 4.14. The highest BCUT2D eigenvalue weighted by molar-refractivity contribution is 5.40. The third-order valence-corrected chi connectivity index (χ3v) is 3.78. The van der Waals surface area contributed by atoms with Crippen molar-refractivity contribution in [2.45, 2.75) is 39.3 Å². The molecule has 1 atom stereocenters. The zero-order valence-corrected chi connectivity index (χ0v) is 10.6. The van der Waals surface area contributed by atoms with Crippen molar-refractivity contribution < 1.29 is 10.2 Å². The van der Waals surface area contributed by atoms with Gasteiger partial charge in [-0.05, 0) is 50.4 Å². The second kappa shape index (κ2) is 5.07. The van der Waals surface area contributed by atoms with Gasteiger partial charge in [-0.1, -0.05) is 6.07 Å². The van der Waals surface area contributed by atoms with Crippen LogP contribution in [0.15, 0.2) is 12.1 Å². The fourth-order valence-corrected chi connectivity index (χ4v) is 2.52. The molecule has 0 radical (unpaired) electrons. The van der Waals surface area contributed by atoms with Crippen LogP contribution in [-0.2, 0) is 6.54 Å². The molecule has 3 nitrogen and oxygen atoms in total. The second-order valence-electron chi connectivity index (χ2n) is 5.01. The van der Waals surface area contributed by atoms with Crippen LogP contribution in [0.4, 0.5) is 0 Å². The molecule has 1 aromatic carbocycles. The zero-order valence-electron chi connectivity index (χ0n) is 10.6. The summed E-state index contributed by atoms with van der Waals surface area (Å²) in [5.41, 5.74) is 3.29. The molecular formula is C14H21NO2. The normalized spacial score (nSPS) is 21.0. The molecule has 1 heterocycles. The smallest absolute Gasteiger partial charge is 0.120 e. The first-order valence-corrected chi connectivity index (χ1v) is 6.26. The number of aryl methyl sites for hydroxylation is 2. The number of hydrogen-bond acceptors (Lipinski definition) is 3. The Morgan fingerprint density at radius 1 is 1.29 bits per heavy atom. The molecule has 1 aliphatic rings. The standard InChI is InChI=1S/C14H21NO2/c1-10-6-12(14(17)7-11(10)2)8-15-5-3-4-13(15)9-16/h6-7,13,16-17H,3-5,8-9H2,1-2H3/t13-/m1/s1. The van der Waals surface area contributed by atoms with Gasteiger partial charge in [0.05, 0.1) is 6.61 Å². The second-order valence-corrected chi connectivity index (χ2v) is 5.01. The monoisotopic (exact) mass is 235 g/mol. The minimum absolute atomic E-state index is 0.214. The van der Waals surface area contributed by atoms with Crippen molar-refractivity contribution in [2.24, 2.45) is 0 Å². The van der Waals surface area contributed by atoms with Gasteiger partial charge in [-0.25, -0.2) is 0 Å². The van der Waals surface area contributed by atoms with Gasteiger partial charge in [0, 0.05) is 18.2 Å². The Balaban J connectivity index is 2.15. The highest BCUT2D eigenvalue weighted by Crippen LogP contribution is 2.26. The maximum absolute atomic E-state index is 9.95. The minimum atomic E-state index is 0.214. The number of phenolic OH excluding ortho intramolecular Hbond substituents is 1. The maximum atomic E-state index is 9.95. The van der Waals surface area contributed by atoms with Crippen molar-refractivity contribution in [1.29, 1.82) is 0 Å². The van der Waals surface area contributed by atoms with Crippen LogP contribution in [0.3, 0.4) is 0 Å². The molecule has 0 spiro atoms. The van der Waals surface area contributed by atoms with E-state index >= 15 is 0 Å². The fraction of sp³-hybridized carbons (Fsp3) is 0.571. The Labute approximate surface area is 103 Å². The van der Waals surface area contributed by atoms with Crippen LogP contribution in [0.1, 0.15) is 29.5 Å². The Morgan fingerprint density at radius 3 is 2.71 bits per heavy atom. The minimum Gasteiger partial charge on any atom is -0.508 e. The molecule has 17 heavy (non-hydrogen) atoms. The van der Waals surface area contributed by atoms with Crippen LogP contribution < -0.4 is 0 Å². The molecule has 1 aromatic rings. The first-order valence-electron chi connectivity index (χ1n) is 6.26. The van der Waals surface area contributed by atoms with Gasteiger partial charge in [0.1, 0.15) is 5.75 Å². The number of benzene rings is 1. The number of aromatic hydroxyl groups is 1. The number of phenols is 1. The first-order chi connectivity index (χ1) is 8.11. The van der Waals surface area contributed by atoms with E-state index in [1.807, 2.05) is 13.0 Å². The third-order valence-electron chi connectivity index (χ3n) is 3.78. The van der Waals surface area contributed by atoms with E-state index in [1.165, 1.54) is 5.56 Å². The molecule has 0 saturated carbocycles. The van der Waals surface area contributed by atoms with E-state index in [1.54, 1.807) is 0 Å². The number of hydrogen-bond donors (Lipinski definition) is 2. The average Bonchev–Trinajstić information content (AvgIpc) is 2.73. The van der Waals surface area contributed by atoms with Crippen LogP contribution in [0.5, 0.6) is 5.75 Å². The zero-order chi connectivity index (χ0) is 12.4. The van der Waals surface area contributed by atoms with Crippen molar-refractivity contribution in [2.75, 3.05) is 13.2 Å². The predicted molar refractivity (Wildman–Crippen MR) is 68.1 cm³/mol. The maximum Gasteiger partial charge on any atom is 0.120 e. The van der Waals surface area contributed by atoms with Crippen LogP contribution >= 0.6 is 0 Å². The molecule has 94 valence electrons. The van der Waals surface area contributed by atoms with Gasteiger partial charge >= 0.3 is 0 Å². The van der Waals surface area contributed by atoms with E-state index in [0.29, 0.717) is 5.75 Å². The van der Waals surface area contributed by atoms with Gasteiger partial charge in [0.25, 0.3) is 0 Å². The van der Waals surface area contributed by atoms with Gasteiger partial charge in [0.15, 0.2) is 0 Å². The Hall–Kier alpha value is -1.06. The quantitative estimate of drug-likeness (QED) is 0.841. The molecule has 2 rings (SSSR count). The molecule has 0 bridgehead atoms. The topological polar surface area (TPSA) is 43.7 Å². The number of rotatable bonds is 3. The highest BCUT2D eigenvalue weighted by Gasteiger charge is 2.24. The molecule has 0 unspecified atom stereocenters. The molecule has 1 saturated heterocycles. The summed E-state index contributed by atoms with van der Waals surface area (Å²) in [5, 5.41) is 19.2. The van der Waals surface area contributed by atoms with Crippen molar-refractivity contribution >= 4 is 0 Å². The largest absolute Gasteiger partial charge is 0.508 e. The molecule has 0 aromatic heterocycles. The van der Waals surface area contributed by atoms with Crippen molar-refractivity contribution in [3.63, 3.8) is 0 Å². The summed E-state index contributed by atoms with van der Waals surface area (Å²) in [5.74, 6) is 0.372. The Kier molecular flexibility index (Phi) is 3.69. The van der Waals surface area contributed by atoms with E-state index in [2.05, 4.69) is 17.9 Å². The summed E-state index contributed by atoms with van der Waals surface area (Å²) in [6.45, 7) is 6.03. The number of likely N-dealkylation sites (tertiary alicyclic amines) is 1. The molecule has 2 N–H and O–H groups in total. The number of aliphatic hydroxyl groups excluding tert-OH is 1. The summed E-state index contributed by atoms with van der Waals surface area (Å²) >= 11 is 0. The van der Waals surface area contributed by atoms with Crippen LogP contribution in [0.25, 0.3) is 0 Å². The Bertz CT molecular complexity index is 403. The van der Waals surface area contributed by atoms with Gasteiger partial charge < -0.3 is 10.2 Å². The van der Waals surface area contributed by atoms with E-state index < -0.39 is 0 Å². The molecular weight excluding hydrogens is 214 g/mol. The van der Waals surface area contributed by atoms with Crippen molar-refractivity contribution in [1.82, 2.24) is 4.90 Å². The lowest BCUT2D eigenvalue weighted by Crippen LogP contribution is -2.31. The van der Waals surface area contributed by atoms with Crippen LogP contribution in [-0.4, -0.2) is 34.3 Å². The van der Waals surface area contributed by atoms with Crippen molar-refractivity contribution in [3.8, 4) is 5.75 Å². The number of nitrogens with zero attached hydrogens (tertiary/aromatic N) is 1.